The van der Waals surface area contributed by atoms with Gasteiger partial charge in [-0.05, 0) is 53.3 Å². The predicted molar refractivity (Wildman–Crippen MR) is 159 cm³/mol. The van der Waals surface area contributed by atoms with Crippen molar-refractivity contribution in [2.45, 2.75) is 19.9 Å². The van der Waals surface area contributed by atoms with Crippen molar-refractivity contribution in [3.8, 4) is 22.3 Å². The minimum absolute atomic E-state index is 0.220. The molecule has 7 nitrogen and oxygen atoms in total. The van der Waals surface area contributed by atoms with Gasteiger partial charge in [-0.15, -0.1) is 0 Å². The molecule has 0 saturated heterocycles. The summed E-state index contributed by atoms with van der Waals surface area (Å²) in [5.74, 6) is -0.380. The Morgan fingerprint density at radius 1 is 0.900 bits per heavy atom. The Hall–Kier alpha value is -4.75. The van der Waals surface area contributed by atoms with E-state index in [1.165, 1.54) is 0 Å². The average Bonchev–Trinajstić information content (AvgIpc) is 2.96. The molecular weight excluding hydrogens is 524 g/mol. The molecule has 0 atom stereocenters. The molecule has 2 N–H and O–H groups in total. The Morgan fingerprint density at radius 2 is 1.68 bits per heavy atom. The first-order chi connectivity index (χ1) is 19.5. The number of hydrogen-bond acceptors (Lipinski definition) is 6. The molecule has 3 aromatic carbocycles. The third-order valence-corrected chi connectivity index (χ3v) is 6.55. The number of esters is 1. The number of halogens is 1. The van der Waals surface area contributed by atoms with Gasteiger partial charge < -0.3 is 15.4 Å². The van der Waals surface area contributed by atoms with Gasteiger partial charge in [-0.2, -0.15) is 0 Å². The van der Waals surface area contributed by atoms with Crippen LogP contribution < -0.4 is 10.6 Å². The van der Waals surface area contributed by atoms with E-state index in [4.69, 9.17) is 21.3 Å². The van der Waals surface area contributed by atoms with Gasteiger partial charge in [-0.1, -0.05) is 78.3 Å². The van der Waals surface area contributed by atoms with Crippen molar-refractivity contribution in [1.82, 2.24) is 9.97 Å². The van der Waals surface area contributed by atoms with Crippen LogP contribution in [0.4, 0.5) is 11.5 Å². The molecule has 0 aliphatic carbocycles. The lowest BCUT2D eigenvalue weighted by molar-refractivity contribution is -0.145. The number of anilines is 2. The minimum Gasteiger partial charge on any atom is -0.466 e. The first kappa shape index (κ1) is 26.8. The number of carbonyl (C=O) groups is 2. The van der Waals surface area contributed by atoms with Crippen LogP contribution in [0.15, 0.2) is 97.2 Å². The second-order valence-corrected chi connectivity index (χ2v) is 9.36. The van der Waals surface area contributed by atoms with Crippen LogP contribution in [0.25, 0.3) is 33.0 Å². The van der Waals surface area contributed by atoms with Crippen LogP contribution in [-0.4, -0.2) is 28.5 Å². The zero-order valence-corrected chi connectivity index (χ0v) is 22.6. The Morgan fingerprint density at radius 3 is 2.45 bits per heavy atom. The maximum absolute atomic E-state index is 12.4. The van der Waals surface area contributed by atoms with Gasteiger partial charge in [0.25, 0.3) is 0 Å². The molecule has 8 heteroatoms. The summed E-state index contributed by atoms with van der Waals surface area (Å²) in [6.07, 6.45) is 1.40. The van der Waals surface area contributed by atoms with Crippen LogP contribution in [-0.2, 0) is 20.9 Å². The molecule has 5 aromatic rings. The summed E-state index contributed by atoms with van der Waals surface area (Å²) in [7, 11) is 0. The summed E-state index contributed by atoms with van der Waals surface area (Å²) in [6, 6.07) is 29.3. The lowest BCUT2D eigenvalue weighted by Crippen LogP contribution is -2.18. The Bertz CT molecular complexity index is 1660. The van der Waals surface area contributed by atoms with Gasteiger partial charge in [-0.3, -0.25) is 14.6 Å². The van der Waals surface area contributed by atoms with Gasteiger partial charge in [0, 0.05) is 22.8 Å². The number of aromatic nitrogens is 2. The van der Waals surface area contributed by atoms with Crippen LogP contribution in [0.1, 0.15) is 19.0 Å². The highest BCUT2D eigenvalue weighted by Gasteiger charge is 2.19. The second kappa shape index (κ2) is 12.4. The number of benzene rings is 3. The topological polar surface area (TPSA) is 93.2 Å². The molecule has 0 fully saturated rings. The van der Waals surface area contributed by atoms with Crippen molar-refractivity contribution in [3.63, 3.8) is 0 Å². The lowest BCUT2D eigenvalue weighted by atomic mass is 9.94. The molecule has 2 heterocycles. The molecule has 2 aromatic heterocycles. The smallest absolute Gasteiger partial charge is 0.315 e. The van der Waals surface area contributed by atoms with E-state index in [2.05, 4.69) is 33.8 Å². The zero-order chi connectivity index (χ0) is 27.9. The third-order valence-electron chi connectivity index (χ3n) is 6.28. The number of rotatable bonds is 9. The maximum Gasteiger partial charge on any atom is 0.315 e. The van der Waals surface area contributed by atoms with Gasteiger partial charge in [0.2, 0.25) is 5.91 Å². The number of ether oxygens (including phenoxy) is 1. The van der Waals surface area contributed by atoms with E-state index in [9.17, 15) is 9.59 Å². The number of nitrogens with zero attached hydrogens (tertiary/aromatic N) is 2. The summed E-state index contributed by atoms with van der Waals surface area (Å²) in [5.41, 5.74) is 4.97. The van der Waals surface area contributed by atoms with Gasteiger partial charge >= 0.3 is 5.97 Å². The molecule has 0 spiro atoms. The number of hydrogen-bond donors (Lipinski definition) is 2. The first-order valence-electron chi connectivity index (χ1n) is 12.9. The highest BCUT2D eigenvalue weighted by molar-refractivity contribution is 6.34. The maximum atomic E-state index is 12.4. The van der Waals surface area contributed by atoms with Gasteiger partial charge in [0.05, 0.1) is 18.8 Å². The van der Waals surface area contributed by atoms with E-state index in [1.807, 2.05) is 66.7 Å². The van der Waals surface area contributed by atoms with E-state index in [1.54, 1.807) is 19.2 Å². The third kappa shape index (κ3) is 6.11. The zero-order valence-electron chi connectivity index (χ0n) is 21.9. The number of fused-ring (bicyclic) bond motifs is 1. The summed E-state index contributed by atoms with van der Waals surface area (Å²) >= 11 is 6.87. The van der Waals surface area contributed by atoms with Crippen molar-refractivity contribution in [1.29, 1.82) is 0 Å². The molecule has 1 amide bonds. The molecular formula is C32H27ClN4O3. The van der Waals surface area contributed by atoms with E-state index in [0.29, 0.717) is 23.2 Å². The monoisotopic (exact) mass is 550 g/mol. The van der Waals surface area contributed by atoms with Crippen molar-refractivity contribution in [3.05, 3.63) is 108 Å². The fourth-order valence-electron chi connectivity index (χ4n) is 4.58. The molecule has 40 heavy (non-hydrogen) atoms. The lowest BCUT2D eigenvalue weighted by Gasteiger charge is -2.18. The molecule has 200 valence electrons. The number of amides is 1. The van der Waals surface area contributed by atoms with E-state index in [-0.39, 0.29) is 13.0 Å². The van der Waals surface area contributed by atoms with Crippen LogP contribution >= 0.6 is 11.6 Å². The fourth-order valence-corrected chi connectivity index (χ4v) is 4.87. The Kier molecular flexibility index (Phi) is 8.32. The summed E-state index contributed by atoms with van der Waals surface area (Å²) in [4.78, 5) is 33.3. The molecule has 0 bridgehead atoms. The predicted octanol–water partition coefficient (Wildman–Crippen LogP) is 7.12. The van der Waals surface area contributed by atoms with Crippen molar-refractivity contribution in [2.24, 2.45) is 0 Å². The average molecular weight is 551 g/mol. The van der Waals surface area contributed by atoms with E-state index >= 15 is 0 Å². The van der Waals surface area contributed by atoms with Gasteiger partial charge in [0.1, 0.15) is 17.4 Å². The van der Waals surface area contributed by atoms with Crippen molar-refractivity contribution in [2.75, 3.05) is 17.2 Å². The summed E-state index contributed by atoms with van der Waals surface area (Å²) in [6.45, 7) is 2.39. The van der Waals surface area contributed by atoms with Gasteiger partial charge in [0.15, 0.2) is 0 Å². The van der Waals surface area contributed by atoms with E-state index < -0.39 is 11.9 Å². The van der Waals surface area contributed by atoms with Crippen molar-refractivity contribution >= 4 is 45.8 Å². The number of nitrogens with one attached hydrogen (secondary N) is 2. The van der Waals surface area contributed by atoms with Crippen LogP contribution in [0.3, 0.4) is 0 Å². The van der Waals surface area contributed by atoms with Crippen molar-refractivity contribution < 1.29 is 14.3 Å². The van der Waals surface area contributed by atoms with Gasteiger partial charge in [-0.25, -0.2) is 4.98 Å². The highest BCUT2D eigenvalue weighted by atomic mass is 35.5. The van der Waals surface area contributed by atoms with Crippen LogP contribution in [0.2, 0.25) is 5.15 Å². The number of pyridine rings is 2. The first-order valence-corrected chi connectivity index (χ1v) is 13.3. The number of carbonyl (C=O) groups excluding carboxylic acids is 2. The second-order valence-electron chi connectivity index (χ2n) is 9.01. The quantitative estimate of drug-likeness (QED) is 0.115. The van der Waals surface area contributed by atoms with E-state index in [0.717, 1.165) is 38.7 Å². The standard InChI is InChI=1S/C32H27ClN4O3/c1-2-40-28(39)19-27(38)36-23-14-8-12-22(18-23)29-26-16-9-15-25(21-10-4-3-5-11-21)30(26)32(37-31(29)33)35-20-24-13-6-7-17-34-24/h3-18H,2,19-20H2,1H3,(H,35,37)(H,36,38). The molecule has 0 aliphatic rings. The van der Waals surface area contributed by atoms with Crippen LogP contribution in [0, 0.1) is 0 Å². The normalized spacial score (nSPS) is 10.8. The van der Waals surface area contributed by atoms with Crippen LogP contribution in [0.5, 0.6) is 0 Å². The molecule has 5 rings (SSSR count). The SMILES string of the molecule is CCOC(=O)CC(=O)Nc1cccc(-c2c(Cl)nc(NCc3ccccn3)c3c(-c4ccccc4)cccc23)c1. The fraction of sp³-hybridized carbons (Fsp3) is 0.125. The molecule has 0 aliphatic heterocycles. The highest BCUT2D eigenvalue weighted by Crippen LogP contribution is 2.42. The Labute approximate surface area is 237 Å². The molecule has 0 unspecified atom stereocenters. The largest absolute Gasteiger partial charge is 0.466 e. The molecule has 0 saturated carbocycles. The summed E-state index contributed by atoms with van der Waals surface area (Å²) < 4.78 is 4.88. The summed E-state index contributed by atoms with van der Waals surface area (Å²) in [5, 5.41) is 8.35. The Balaban J connectivity index is 1.59. The minimum atomic E-state index is -0.573. The molecule has 0 radical (unpaired) electrons.